The van der Waals surface area contributed by atoms with E-state index < -0.39 is 0 Å². The Hall–Kier alpha value is -0.910. The van der Waals surface area contributed by atoms with Crippen molar-refractivity contribution < 1.29 is 4.79 Å². The molecular formula is C14H20ClN3OS. The number of carbonyl (C=O) groups excluding carboxylic acids is 1. The van der Waals surface area contributed by atoms with Crippen LogP contribution in [0.2, 0.25) is 5.02 Å². The van der Waals surface area contributed by atoms with Gasteiger partial charge in [-0.25, -0.2) is 0 Å². The van der Waals surface area contributed by atoms with Crippen LogP contribution in [0.1, 0.15) is 6.42 Å². The van der Waals surface area contributed by atoms with Gasteiger partial charge >= 0.3 is 0 Å². The summed E-state index contributed by atoms with van der Waals surface area (Å²) in [4.78, 5) is 14.1. The Kier molecular flexibility index (Phi) is 5.57. The van der Waals surface area contributed by atoms with E-state index in [0.717, 1.165) is 29.4 Å². The van der Waals surface area contributed by atoms with Crippen molar-refractivity contribution in [2.75, 3.05) is 42.4 Å². The molecule has 20 heavy (non-hydrogen) atoms. The van der Waals surface area contributed by atoms with Crippen molar-refractivity contribution in [3.63, 3.8) is 0 Å². The lowest BCUT2D eigenvalue weighted by atomic mass is 10.2. The fourth-order valence-corrected chi connectivity index (χ4v) is 3.30. The lowest BCUT2D eigenvalue weighted by Crippen LogP contribution is -2.40. The largest absolute Gasteiger partial charge is 0.376 e. The van der Waals surface area contributed by atoms with Gasteiger partial charge in [0.25, 0.3) is 0 Å². The van der Waals surface area contributed by atoms with Crippen molar-refractivity contribution in [3.05, 3.63) is 23.2 Å². The van der Waals surface area contributed by atoms with E-state index in [-0.39, 0.29) is 11.9 Å². The molecule has 1 heterocycles. The van der Waals surface area contributed by atoms with Crippen LogP contribution in [0.3, 0.4) is 0 Å². The first kappa shape index (κ1) is 15.5. The van der Waals surface area contributed by atoms with Crippen LogP contribution in [0.15, 0.2) is 18.2 Å². The van der Waals surface area contributed by atoms with Gasteiger partial charge in [-0.05, 0) is 18.2 Å². The second-order valence-electron chi connectivity index (χ2n) is 5.03. The zero-order chi connectivity index (χ0) is 14.5. The van der Waals surface area contributed by atoms with Gasteiger partial charge in [-0.2, -0.15) is 11.8 Å². The zero-order valence-electron chi connectivity index (χ0n) is 11.8. The van der Waals surface area contributed by atoms with Crippen LogP contribution in [0.4, 0.5) is 11.4 Å². The molecule has 4 nitrogen and oxygen atoms in total. The Morgan fingerprint density at radius 3 is 3.00 bits per heavy atom. The fraction of sp³-hybridized carbons (Fsp3) is 0.500. The molecular weight excluding hydrogens is 294 g/mol. The summed E-state index contributed by atoms with van der Waals surface area (Å²) in [6, 6.07) is 5.78. The Bertz CT molecular complexity index is 475. The molecule has 2 rings (SSSR count). The molecule has 110 valence electrons. The highest BCUT2D eigenvalue weighted by Gasteiger charge is 2.17. The van der Waals surface area contributed by atoms with E-state index in [9.17, 15) is 4.79 Å². The van der Waals surface area contributed by atoms with E-state index in [0.29, 0.717) is 11.4 Å². The van der Waals surface area contributed by atoms with Crippen molar-refractivity contribution in [2.45, 2.75) is 12.5 Å². The number of halogens is 1. The SMILES string of the molecule is CN(C)c1ccc(Cl)cc1NC(=O)CC1CSCCN1. The van der Waals surface area contributed by atoms with Gasteiger partial charge < -0.3 is 15.5 Å². The summed E-state index contributed by atoms with van der Waals surface area (Å²) in [5, 5.41) is 6.95. The van der Waals surface area contributed by atoms with Gasteiger partial charge in [-0.15, -0.1) is 0 Å². The van der Waals surface area contributed by atoms with Crippen LogP contribution < -0.4 is 15.5 Å². The third kappa shape index (κ3) is 4.30. The van der Waals surface area contributed by atoms with E-state index >= 15 is 0 Å². The van der Waals surface area contributed by atoms with E-state index in [1.54, 1.807) is 6.07 Å². The van der Waals surface area contributed by atoms with Gasteiger partial charge in [0.05, 0.1) is 11.4 Å². The van der Waals surface area contributed by atoms with E-state index in [1.165, 1.54) is 0 Å². The molecule has 1 fully saturated rings. The maximum absolute atomic E-state index is 12.1. The highest BCUT2D eigenvalue weighted by molar-refractivity contribution is 7.99. The average Bonchev–Trinajstić information content (AvgIpc) is 2.39. The molecule has 0 aliphatic carbocycles. The molecule has 0 bridgehead atoms. The van der Waals surface area contributed by atoms with Gasteiger partial charge in [0.1, 0.15) is 0 Å². The molecule has 2 N–H and O–H groups in total. The molecule has 1 aromatic carbocycles. The van der Waals surface area contributed by atoms with Crippen LogP contribution in [0, 0.1) is 0 Å². The third-order valence-corrected chi connectivity index (χ3v) is 4.51. The first-order valence-electron chi connectivity index (χ1n) is 6.64. The second kappa shape index (κ2) is 7.20. The van der Waals surface area contributed by atoms with Gasteiger partial charge in [0, 0.05) is 49.6 Å². The predicted octanol–water partition coefficient (Wildman–Crippen LogP) is 2.44. The highest BCUT2D eigenvalue weighted by atomic mass is 35.5. The van der Waals surface area contributed by atoms with E-state index in [1.807, 2.05) is 42.9 Å². The van der Waals surface area contributed by atoms with Crippen LogP contribution in [-0.2, 0) is 4.79 Å². The van der Waals surface area contributed by atoms with E-state index in [2.05, 4.69) is 10.6 Å². The normalized spacial score (nSPS) is 18.6. The quantitative estimate of drug-likeness (QED) is 0.896. The minimum atomic E-state index is 0.0235. The topological polar surface area (TPSA) is 44.4 Å². The summed E-state index contributed by atoms with van der Waals surface area (Å²) in [6.45, 7) is 0.975. The minimum absolute atomic E-state index is 0.0235. The third-order valence-electron chi connectivity index (χ3n) is 3.14. The lowest BCUT2D eigenvalue weighted by molar-refractivity contribution is -0.116. The highest BCUT2D eigenvalue weighted by Crippen LogP contribution is 2.28. The predicted molar refractivity (Wildman–Crippen MR) is 88.1 cm³/mol. The fourth-order valence-electron chi connectivity index (χ4n) is 2.17. The first-order valence-corrected chi connectivity index (χ1v) is 8.17. The summed E-state index contributed by atoms with van der Waals surface area (Å²) in [5.41, 5.74) is 1.71. The number of hydrogen-bond acceptors (Lipinski definition) is 4. The van der Waals surface area contributed by atoms with Crippen LogP contribution in [0.5, 0.6) is 0 Å². The molecule has 1 amide bonds. The molecule has 1 aliphatic rings. The summed E-state index contributed by atoms with van der Waals surface area (Å²) in [5.74, 6) is 2.14. The van der Waals surface area contributed by atoms with Crippen LogP contribution >= 0.6 is 23.4 Å². The summed E-state index contributed by atoms with van der Waals surface area (Å²) < 4.78 is 0. The van der Waals surface area contributed by atoms with Crippen LogP contribution in [0.25, 0.3) is 0 Å². The van der Waals surface area contributed by atoms with Crippen molar-refractivity contribution >= 4 is 40.6 Å². The average molecular weight is 314 g/mol. The van der Waals surface area contributed by atoms with Gasteiger partial charge in [-0.3, -0.25) is 4.79 Å². The number of rotatable bonds is 4. The number of benzene rings is 1. The standard InChI is InChI=1S/C14H20ClN3OS/c1-18(2)13-4-3-10(15)7-12(13)17-14(19)8-11-9-20-6-5-16-11/h3-4,7,11,16H,5-6,8-9H2,1-2H3,(H,17,19). The van der Waals surface area contributed by atoms with Crippen molar-refractivity contribution in [2.24, 2.45) is 0 Å². The summed E-state index contributed by atoms with van der Waals surface area (Å²) in [7, 11) is 3.89. The van der Waals surface area contributed by atoms with Crippen molar-refractivity contribution in [3.8, 4) is 0 Å². The lowest BCUT2D eigenvalue weighted by Gasteiger charge is -2.23. The Labute approximate surface area is 129 Å². The van der Waals surface area contributed by atoms with Crippen molar-refractivity contribution in [1.82, 2.24) is 5.32 Å². The first-order chi connectivity index (χ1) is 9.56. The maximum Gasteiger partial charge on any atom is 0.226 e. The molecule has 0 saturated carbocycles. The van der Waals surface area contributed by atoms with Crippen molar-refractivity contribution in [1.29, 1.82) is 0 Å². The summed E-state index contributed by atoms with van der Waals surface area (Å²) in [6.07, 6.45) is 0.492. The molecule has 0 spiro atoms. The number of nitrogens with one attached hydrogen (secondary N) is 2. The molecule has 1 saturated heterocycles. The number of amides is 1. The van der Waals surface area contributed by atoms with E-state index in [4.69, 9.17) is 11.6 Å². The minimum Gasteiger partial charge on any atom is -0.376 e. The monoisotopic (exact) mass is 313 g/mol. The second-order valence-corrected chi connectivity index (χ2v) is 6.62. The molecule has 1 aliphatic heterocycles. The number of hydrogen-bond donors (Lipinski definition) is 2. The number of anilines is 2. The zero-order valence-corrected chi connectivity index (χ0v) is 13.4. The molecule has 0 aromatic heterocycles. The maximum atomic E-state index is 12.1. The Morgan fingerprint density at radius 2 is 2.35 bits per heavy atom. The molecule has 1 unspecified atom stereocenters. The number of carbonyl (C=O) groups is 1. The Balaban J connectivity index is 2.01. The number of thioether (sulfide) groups is 1. The Morgan fingerprint density at radius 1 is 1.55 bits per heavy atom. The molecule has 0 radical (unpaired) electrons. The molecule has 6 heteroatoms. The number of nitrogens with zero attached hydrogens (tertiary/aromatic N) is 1. The molecule has 1 aromatic rings. The summed E-state index contributed by atoms with van der Waals surface area (Å²) >= 11 is 7.90. The van der Waals surface area contributed by atoms with Gasteiger partial charge in [0.2, 0.25) is 5.91 Å². The van der Waals surface area contributed by atoms with Gasteiger partial charge in [-0.1, -0.05) is 11.6 Å². The van der Waals surface area contributed by atoms with Gasteiger partial charge in [0.15, 0.2) is 0 Å². The smallest absolute Gasteiger partial charge is 0.226 e. The molecule has 1 atom stereocenters. The van der Waals surface area contributed by atoms with Crippen LogP contribution in [-0.4, -0.2) is 44.1 Å².